The smallest absolute Gasteiger partial charge is 0.226 e. The molecule has 2 aliphatic rings. The zero-order valence-electron chi connectivity index (χ0n) is 15.7. The lowest BCUT2D eigenvalue weighted by atomic mass is 9.91. The van der Waals surface area contributed by atoms with E-state index in [2.05, 4.69) is 28.1 Å². The van der Waals surface area contributed by atoms with Crippen molar-refractivity contribution in [1.82, 2.24) is 4.98 Å². The molecule has 4 rings (SSSR count). The molecule has 1 aromatic heterocycles. The number of anilines is 2. The van der Waals surface area contributed by atoms with Gasteiger partial charge in [0.05, 0.1) is 5.92 Å². The Labute approximate surface area is 160 Å². The number of carbonyl (C=O) groups is 2. The molecule has 0 saturated carbocycles. The maximum Gasteiger partial charge on any atom is 0.226 e. The van der Waals surface area contributed by atoms with Crippen LogP contribution in [0.4, 0.5) is 11.4 Å². The van der Waals surface area contributed by atoms with E-state index in [1.807, 2.05) is 30.2 Å². The van der Waals surface area contributed by atoms with Gasteiger partial charge in [-0.05, 0) is 48.2 Å². The number of rotatable bonds is 6. The molecular weight excluding hydrogens is 338 g/mol. The van der Waals surface area contributed by atoms with Gasteiger partial charge in [0.1, 0.15) is 5.78 Å². The minimum Gasteiger partial charge on any atom is -0.370 e. The van der Waals surface area contributed by atoms with Gasteiger partial charge in [-0.15, -0.1) is 0 Å². The van der Waals surface area contributed by atoms with E-state index in [9.17, 15) is 9.59 Å². The predicted octanol–water partition coefficient (Wildman–Crippen LogP) is 3.02. The van der Waals surface area contributed by atoms with Crippen molar-refractivity contribution in [2.45, 2.75) is 32.6 Å². The molecule has 1 aromatic carbocycles. The molecular formula is C22H25N3O2. The first-order chi connectivity index (χ1) is 13.2. The molecule has 2 aliphatic heterocycles. The highest BCUT2D eigenvalue weighted by Gasteiger charge is 2.33. The molecule has 1 saturated heterocycles. The standard InChI is InChI=1S/C22H25N3O2/c1-2-22(27)25-11-9-17-12-19(6-7-20(17)25)24-14-18(15-24)21(26)8-5-16-4-3-10-23-13-16/h3-4,6-7,10,12-13,18H,2,5,8-9,11,14-15H2,1H3. The van der Waals surface area contributed by atoms with Gasteiger partial charge in [-0.1, -0.05) is 13.0 Å². The van der Waals surface area contributed by atoms with Crippen molar-refractivity contribution in [3.8, 4) is 0 Å². The Morgan fingerprint density at radius 3 is 2.81 bits per heavy atom. The number of nitrogens with zero attached hydrogens (tertiary/aromatic N) is 3. The molecule has 2 aromatic rings. The fourth-order valence-corrected chi connectivity index (χ4v) is 3.95. The Balaban J connectivity index is 1.32. The molecule has 140 valence electrons. The third-order valence-electron chi connectivity index (χ3n) is 5.65. The molecule has 0 spiro atoms. The van der Waals surface area contributed by atoms with Crippen LogP contribution < -0.4 is 9.80 Å². The van der Waals surface area contributed by atoms with Crippen LogP contribution >= 0.6 is 0 Å². The van der Waals surface area contributed by atoms with E-state index in [-0.39, 0.29) is 11.8 Å². The van der Waals surface area contributed by atoms with Crippen LogP contribution in [0.2, 0.25) is 0 Å². The van der Waals surface area contributed by atoms with Gasteiger partial charge in [0, 0.05) is 56.2 Å². The number of aryl methyl sites for hydroxylation is 1. The average Bonchev–Trinajstić information content (AvgIpc) is 3.09. The maximum absolute atomic E-state index is 12.4. The number of amides is 1. The molecule has 0 N–H and O–H groups in total. The van der Waals surface area contributed by atoms with Gasteiger partial charge in [-0.2, -0.15) is 0 Å². The van der Waals surface area contributed by atoms with Gasteiger partial charge in [0.15, 0.2) is 0 Å². The van der Waals surface area contributed by atoms with Crippen molar-refractivity contribution >= 4 is 23.1 Å². The summed E-state index contributed by atoms with van der Waals surface area (Å²) in [4.78, 5) is 32.7. The molecule has 0 bridgehead atoms. The molecule has 3 heterocycles. The lowest BCUT2D eigenvalue weighted by Gasteiger charge is -2.40. The monoisotopic (exact) mass is 363 g/mol. The molecule has 5 nitrogen and oxygen atoms in total. The van der Waals surface area contributed by atoms with Crippen molar-refractivity contribution in [3.05, 3.63) is 53.9 Å². The fraction of sp³-hybridized carbons (Fsp3) is 0.409. The van der Waals surface area contributed by atoms with Crippen LogP contribution in [0.25, 0.3) is 0 Å². The summed E-state index contributed by atoms with van der Waals surface area (Å²) in [6.07, 6.45) is 6.39. The summed E-state index contributed by atoms with van der Waals surface area (Å²) in [6.45, 7) is 4.27. The fourth-order valence-electron chi connectivity index (χ4n) is 3.95. The molecule has 5 heteroatoms. The molecule has 0 radical (unpaired) electrons. The summed E-state index contributed by atoms with van der Waals surface area (Å²) in [6, 6.07) is 10.3. The third kappa shape index (κ3) is 3.59. The zero-order valence-corrected chi connectivity index (χ0v) is 15.7. The summed E-state index contributed by atoms with van der Waals surface area (Å²) in [5, 5.41) is 0. The van der Waals surface area contributed by atoms with Gasteiger partial charge in [-0.3, -0.25) is 14.6 Å². The number of fused-ring (bicyclic) bond motifs is 1. The van der Waals surface area contributed by atoms with Crippen molar-refractivity contribution in [3.63, 3.8) is 0 Å². The number of hydrogen-bond acceptors (Lipinski definition) is 4. The lowest BCUT2D eigenvalue weighted by molar-refractivity contribution is -0.123. The first kappa shape index (κ1) is 17.7. The second kappa shape index (κ2) is 7.51. The van der Waals surface area contributed by atoms with E-state index < -0.39 is 0 Å². The van der Waals surface area contributed by atoms with Crippen LogP contribution in [0.15, 0.2) is 42.7 Å². The number of carbonyl (C=O) groups excluding carboxylic acids is 2. The highest BCUT2D eigenvalue weighted by atomic mass is 16.2. The average molecular weight is 363 g/mol. The van der Waals surface area contributed by atoms with Gasteiger partial charge >= 0.3 is 0 Å². The summed E-state index contributed by atoms with van der Waals surface area (Å²) < 4.78 is 0. The van der Waals surface area contributed by atoms with E-state index in [4.69, 9.17) is 0 Å². The van der Waals surface area contributed by atoms with E-state index in [0.29, 0.717) is 18.6 Å². The topological polar surface area (TPSA) is 53.5 Å². The highest BCUT2D eigenvalue weighted by molar-refractivity contribution is 5.95. The third-order valence-corrected chi connectivity index (χ3v) is 5.65. The Morgan fingerprint density at radius 2 is 2.07 bits per heavy atom. The summed E-state index contributed by atoms with van der Waals surface area (Å²) in [5.41, 5.74) is 4.57. The Morgan fingerprint density at radius 1 is 1.22 bits per heavy atom. The minimum atomic E-state index is 0.132. The first-order valence-corrected chi connectivity index (χ1v) is 9.75. The molecule has 1 amide bonds. The number of hydrogen-bond donors (Lipinski definition) is 0. The number of pyridine rings is 1. The van der Waals surface area contributed by atoms with Crippen molar-refractivity contribution in [2.24, 2.45) is 5.92 Å². The second-order valence-corrected chi connectivity index (χ2v) is 7.39. The Bertz CT molecular complexity index is 844. The van der Waals surface area contributed by atoms with Crippen LogP contribution in [-0.2, 0) is 22.4 Å². The quantitative estimate of drug-likeness (QED) is 0.792. The second-order valence-electron chi connectivity index (χ2n) is 7.39. The van der Waals surface area contributed by atoms with Gasteiger partial charge in [-0.25, -0.2) is 0 Å². The number of Topliss-reactive ketones (excluding diaryl/α,β-unsaturated/α-hetero) is 1. The first-order valence-electron chi connectivity index (χ1n) is 9.75. The van der Waals surface area contributed by atoms with Crippen molar-refractivity contribution in [2.75, 3.05) is 29.4 Å². The van der Waals surface area contributed by atoms with Gasteiger partial charge in [0.25, 0.3) is 0 Å². The SMILES string of the molecule is CCC(=O)N1CCc2cc(N3CC(C(=O)CCc4cccnc4)C3)ccc21. The summed E-state index contributed by atoms with van der Waals surface area (Å²) >= 11 is 0. The molecule has 0 unspecified atom stereocenters. The summed E-state index contributed by atoms with van der Waals surface area (Å²) in [5.74, 6) is 0.661. The molecule has 0 atom stereocenters. The van der Waals surface area contributed by atoms with Crippen molar-refractivity contribution < 1.29 is 9.59 Å². The van der Waals surface area contributed by atoms with E-state index in [1.54, 1.807) is 6.20 Å². The van der Waals surface area contributed by atoms with E-state index >= 15 is 0 Å². The minimum absolute atomic E-state index is 0.132. The maximum atomic E-state index is 12.4. The molecule has 27 heavy (non-hydrogen) atoms. The van der Waals surface area contributed by atoms with Crippen molar-refractivity contribution in [1.29, 1.82) is 0 Å². The predicted molar refractivity (Wildman–Crippen MR) is 106 cm³/mol. The highest BCUT2D eigenvalue weighted by Crippen LogP contribution is 2.34. The molecule has 1 fully saturated rings. The number of aromatic nitrogens is 1. The number of ketones is 1. The van der Waals surface area contributed by atoms with Crippen LogP contribution in [0.1, 0.15) is 30.9 Å². The molecule has 0 aliphatic carbocycles. The Kier molecular flexibility index (Phi) is 4.92. The van der Waals surface area contributed by atoms with E-state index in [1.165, 1.54) is 5.56 Å². The normalized spacial score (nSPS) is 16.2. The number of benzene rings is 1. The van der Waals surface area contributed by atoms with Crippen LogP contribution in [-0.4, -0.2) is 36.3 Å². The van der Waals surface area contributed by atoms with Crippen LogP contribution in [0.3, 0.4) is 0 Å². The summed E-state index contributed by atoms with van der Waals surface area (Å²) in [7, 11) is 0. The van der Waals surface area contributed by atoms with Crippen LogP contribution in [0, 0.1) is 5.92 Å². The zero-order chi connectivity index (χ0) is 18.8. The van der Waals surface area contributed by atoms with Gasteiger partial charge < -0.3 is 9.80 Å². The van der Waals surface area contributed by atoms with Crippen LogP contribution in [0.5, 0.6) is 0 Å². The lowest BCUT2D eigenvalue weighted by Crippen LogP contribution is -2.50. The van der Waals surface area contributed by atoms with E-state index in [0.717, 1.165) is 49.4 Å². The largest absolute Gasteiger partial charge is 0.370 e. The van der Waals surface area contributed by atoms with Gasteiger partial charge in [0.2, 0.25) is 5.91 Å². The Hall–Kier alpha value is -2.69.